The molecule has 0 radical (unpaired) electrons. The molecule has 2 amide bonds. The molecule has 2 aromatic rings. The minimum Gasteiger partial charge on any atom is -0.320 e. The fourth-order valence-corrected chi connectivity index (χ4v) is 2.25. The summed E-state index contributed by atoms with van der Waals surface area (Å²) in [6, 6.07) is 13.4. The number of carbonyl (C=O) groups excluding carboxylic acids is 1. The van der Waals surface area contributed by atoms with Gasteiger partial charge in [0.1, 0.15) is 5.02 Å². The summed E-state index contributed by atoms with van der Waals surface area (Å²) in [5.74, 6) is 0. The number of nitrogens with one attached hydrogen (secondary N) is 1. The van der Waals surface area contributed by atoms with Crippen LogP contribution >= 0.6 is 11.6 Å². The maximum Gasteiger partial charge on any atom is 0.322 e. The molecule has 1 N–H and O–H groups in total. The molecular formula is C16H16ClN3O3. The van der Waals surface area contributed by atoms with Gasteiger partial charge in [-0.05, 0) is 24.6 Å². The molecule has 2 aromatic carbocycles. The zero-order valence-electron chi connectivity index (χ0n) is 12.5. The highest BCUT2D eigenvalue weighted by atomic mass is 35.5. The predicted molar refractivity (Wildman–Crippen MR) is 89.7 cm³/mol. The molecule has 120 valence electrons. The lowest BCUT2D eigenvalue weighted by Gasteiger charge is -2.21. The van der Waals surface area contributed by atoms with E-state index in [0.29, 0.717) is 18.8 Å². The monoisotopic (exact) mass is 333 g/mol. The van der Waals surface area contributed by atoms with Crippen LogP contribution in [0.2, 0.25) is 5.02 Å². The number of nitro benzene ring substituents is 1. The molecule has 0 aliphatic heterocycles. The van der Waals surface area contributed by atoms with Gasteiger partial charge in [-0.15, -0.1) is 0 Å². The van der Waals surface area contributed by atoms with Crippen molar-refractivity contribution in [3.05, 3.63) is 69.2 Å². The highest BCUT2D eigenvalue weighted by Gasteiger charge is 2.16. The second kappa shape index (κ2) is 7.60. The number of amides is 2. The Morgan fingerprint density at radius 3 is 2.57 bits per heavy atom. The fraction of sp³-hybridized carbons (Fsp3) is 0.188. The van der Waals surface area contributed by atoms with Crippen molar-refractivity contribution in [2.24, 2.45) is 0 Å². The molecule has 0 aromatic heterocycles. The number of hydrogen-bond donors (Lipinski definition) is 1. The molecule has 0 saturated heterocycles. The minimum atomic E-state index is -0.584. The van der Waals surface area contributed by atoms with Crippen molar-refractivity contribution >= 4 is 29.0 Å². The van der Waals surface area contributed by atoms with Gasteiger partial charge in [-0.3, -0.25) is 10.1 Å². The summed E-state index contributed by atoms with van der Waals surface area (Å²) >= 11 is 5.76. The number of hydrogen-bond acceptors (Lipinski definition) is 3. The summed E-state index contributed by atoms with van der Waals surface area (Å²) in [5.41, 5.74) is 1.10. The molecular weight excluding hydrogens is 318 g/mol. The Balaban J connectivity index is 2.10. The standard InChI is InChI=1S/C16H16ClN3O3/c1-2-19(11-12-6-4-3-5-7-12)16(21)18-13-8-9-14(17)15(10-13)20(22)23/h3-10H,2,11H2,1H3,(H,18,21). The Hall–Kier alpha value is -2.60. The van der Waals surface area contributed by atoms with Crippen LogP contribution in [0.15, 0.2) is 48.5 Å². The van der Waals surface area contributed by atoms with E-state index in [0.717, 1.165) is 5.56 Å². The maximum absolute atomic E-state index is 12.3. The fourth-order valence-electron chi connectivity index (χ4n) is 2.06. The van der Waals surface area contributed by atoms with Crippen molar-refractivity contribution < 1.29 is 9.72 Å². The number of nitrogens with zero attached hydrogens (tertiary/aromatic N) is 2. The smallest absolute Gasteiger partial charge is 0.320 e. The van der Waals surface area contributed by atoms with E-state index in [2.05, 4.69) is 5.32 Å². The Morgan fingerprint density at radius 2 is 1.96 bits per heavy atom. The Kier molecular flexibility index (Phi) is 5.54. The van der Waals surface area contributed by atoms with Crippen molar-refractivity contribution in [1.29, 1.82) is 0 Å². The summed E-state index contributed by atoms with van der Waals surface area (Å²) < 4.78 is 0. The van der Waals surface area contributed by atoms with E-state index in [9.17, 15) is 14.9 Å². The van der Waals surface area contributed by atoms with Crippen LogP contribution in [0.25, 0.3) is 0 Å². The summed E-state index contributed by atoms with van der Waals surface area (Å²) in [7, 11) is 0. The van der Waals surface area contributed by atoms with E-state index < -0.39 is 4.92 Å². The largest absolute Gasteiger partial charge is 0.322 e. The van der Waals surface area contributed by atoms with Crippen LogP contribution < -0.4 is 5.32 Å². The quantitative estimate of drug-likeness (QED) is 0.654. The number of halogens is 1. The van der Waals surface area contributed by atoms with E-state index in [1.165, 1.54) is 18.2 Å². The second-order valence-electron chi connectivity index (χ2n) is 4.85. The molecule has 0 aliphatic carbocycles. The SMILES string of the molecule is CCN(Cc1ccccc1)C(=O)Nc1ccc(Cl)c([N+](=O)[O-])c1. The van der Waals surface area contributed by atoms with Gasteiger partial charge in [0, 0.05) is 24.8 Å². The first-order valence-corrected chi connectivity index (χ1v) is 7.43. The minimum absolute atomic E-state index is 0.0321. The van der Waals surface area contributed by atoms with Gasteiger partial charge < -0.3 is 10.2 Å². The Morgan fingerprint density at radius 1 is 1.26 bits per heavy atom. The summed E-state index contributed by atoms with van der Waals surface area (Å²) in [6.45, 7) is 2.84. The van der Waals surface area contributed by atoms with Gasteiger partial charge in [0.25, 0.3) is 5.69 Å². The molecule has 0 heterocycles. The molecule has 0 aliphatic rings. The van der Waals surface area contributed by atoms with Gasteiger partial charge in [0.05, 0.1) is 4.92 Å². The second-order valence-corrected chi connectivity index (χ2v) is 5.26. The molecule has 7 heteroatoms. The third-order valence-corrected chi connectivity index (χ3v) is 3.60. The molecule has 0 fully saturated rings. The molecule has 0 unspecified atom stereocenters. The van der Waals surface area contributed by atoms with Crippen LogP contribution in [0.3, 0.4) is 0 Å². The van der Waals surface area contributed by atoms with Crippen LogP contribution in [-0.4, -0.2) is 22.4 Å². The number of benzene rings is 2. The lowest BCUT2D eigenvalue weighted by Crippen LogP contribution is -2.34. The van der Waals surface area contributed by atoms with E-state index in [1.54, 1.807) is 4.90 Å². The first-order valence-electron chi connectivity index (χ1n) is 7.05. The molecule has 0 atom stereocenters. The number of urea groups is 1. The Bertz CT molecular complexity index is 707. The van der Waals surface area contributed by atoms with Gasteiger partial charge >= 0.3 is 6.03 Å². The molecule has 0 spiro atoms. The molecule has 0 bridgehead atoms. The average molecular weight is 334 g/mol. The highest BCUT2D eigenvalue weighted by molar-refractivity contribution is 6.32. The first kappa shape index (κ1) is 16.8. The van der Waals surface area contributed by atoms with E-state index in [-0.39, 0.29) is 16.7 Å². The average Bonchev–Trinajstić information content (AvgIpc) is 2.55. The lowest BCUT2D eigenvalue weighted by molar-refractivity contribution is -0.384. The van der Waals surface area contributed by atoms with Gasteiger partial charge in [0.2, 0.25) is 0 Å². The van der Waals surface area contributed by atoms with Crippen LogP contribution in [-0.2, 0) is 6.54 Å². The molecule has 2 rings (SSSR count). The van der Waals surface area contributed by atoms with Crippen LogP contribution in [0.5, 0.6) is 0 Å². The third-order valence-electron chi connectivity index (χ3n) is 3.28. The molecule has 23 heavy (non-hydrogen) atoms. The van der Waals surface area contributed by atoms with Gasteiger partial charge in [-0.25, -0.2) is 4.79 Å². The maximum atomic E-state index is 12.3. The lowest BCUT2D eigenvalue weighted by atomic mass is 10.2. The van der Waals surface area contributed by atoms with Crippen LogP contribution in [0.1, 0.15) is 12.5 Å². The van der Waals surface area contributed by atoms with Crippen LogP contribution in [0, 0.1) is 10.1 Å². The summed E-state index contributed by atoms with van der Waals surface area (Å²) in [5, 5.41) is 13.6. The zero-order valence-corrected chi connectivity index (χ0v) is 13.3. The van der Waals surface area contributed by atoms with Gasteiger partial charge in [-0.1, -0.05) is 41.9 Å². The van der Waals surface area contributed by atoms with Crippen molar-refractivity contribution in [2.75, 3.05) is 11.9 Å². The number of nitro groups is 1. The number of rotatable bonds is 5. The Labute approximate surface area is 138 Å². The van der Waals surface area contributed by atoms with Crippen molar-refractivity contribution in [2.45, 2.75) is 13.5 Å². The molecule has 0 saturated carbocycles. The summed E-state index contributed by atoms with van der Waals surface area (Å²) in [4.78, 5) is 24.2. The van der Waals surface area contributed by atoms with E-state index in [4.69, 9.17) is 11.6 Å². The normalized spacial score (nSPS) is 10.2. The van der Waals surface area contributed by atoms with Crippen LogP contribution in [0.4, 0.5) is 16.2 Å². The third kappa shape index (κ3) is 4.43. The first-order chi connectivity index (χ1) is 11.0. The summed E-state index contributed by atoms with van der Waals surface area (Å²) in [6.07, 6.45) is 0. The highest BCUT2D eigenvalue weighted by Crippen LogP contribution is 2.27. The van der Waals surface area contributed by atoms with Gasteiger partial charge in [0.15, 0.2) is 0 Å². The topological polar surface area (TPSA) is 75.5 Å². The van der Waals surface area contributed by atoms with Crippen molar-refractivity contribution in [3.8, 4) is 0 Å². The number of anilines is 1. The molecule has 6 nitrogen and oxygen atoms in total. The van der Waals surface area contributed by atoms with Crippen molar-refractivity contribution in [3.63, 3.8) is 0 Å². The van der Waals surface area contributed by atoms with Crippen molar-refractivity contribution in [1.82, 2.24) is 4.90 Å². The zero-order chi connectivity index (χ0) is 16.8. The van der Waals surface area contributed by atoms with Gasteiger partial charge in [-0.2, -0.15) is 0 Å². The number of carbonyl (C=O) groups is 1. The van der Waals surface area contributed by atoms with E-state index >= 15 is 0 Å². The predicted octanol–water partition coefficient (Wildman–Crippen LogP) is 4.30. The van der Waals surface area contributed by atoms with E-state index in [1.807, 2.05) is 37.3 Å².